The van der Waals surface area contributed by atoms with E-state index in [0.29, 0.717) is 12.5 Å². The van der Waals surface area contributed by atoms with E-state index in [0.717, 1.165) is 39.1 Å². The summed E-state index contributed by atoms with van der Waals surface area (Å²) in [7, 11) is 0. The third-order valence-corrected chi connectivity index (χ3v) is 4.34. The predicted octanol–water partition coefficient (Wildman–Crippen LogP) is 0.645. The molecule has 0 radical (unpaired) electrons. The van der Waals surface area contributed by atoms with Crippen molar-refractivity contribution < 1.29 is 9.53 Å². The van der Waals surface area contributed by atoms with Crippen molar-refractivity contribution in [2.24, 2.45) is 0 Å². The van der Waals surface area contributed by atoms with E-state index < -0.39 is 0 Å². The zero-order chi connectivity index (χ0) is 14.5. The third-order valence-electron chi connectivity index (χ3n) is 4.34. The average molecular weight is 292 g/mol. The smallest absolute Gasteiger partial charge is 0.241 e. The van der Waals surface area contributed by atoms with Gasteiger partial charge in [-0.3, -0.25) is 9.48 Å². The number of nitrogens with zero attached hydrogens (tertiary/aromatic N) is 2. The molecule has 0 aliphatic carbocycles. The van der Waals surface area contributed by atoms with Gasteiger partial charge in [0.1, 0.15) is 6.54 Å². The van der Waals surface area contributed by atoms with Crippen LogP contribution in [0.25, 0.3) is 0 Å². The largest absolute Gasteiger partial charge is 0.381 e. The lowest BCUT2D eigenvalue weighted by Crippen LogP contribution is -2.41. The maximum atomic E-state index is 12.2. The number of nitrogens with one attached hydrogen (secondary N) is 2. The Morgan fingerprint density at radius 2 is 2.29 bits per heavy atom. The zero-order valence-corrected chi connectivity index (χ0v) is 12.4. The monoisotopic (exact) mass is 292 g/mol. The summed E-state index contributed by atoms with van der Waals surface area (Å²) >= 11 is 0. The van der Waals surface area contributed by atoms with Crippen molar-refractivity contribution in [2.75, 3.05) is 26.3 Å². The molecule has 1 amide bonds. The molecular formula is C15H24N4O2. The number of rotatable bonds is 4. The highest BCUT2D eigenvalue weighted by Gasteiger charge is 2.21. The summed E-state index contributed by atoms with van der Waals surface area (Å²) < 4.78 is 7.16. The molecule has 0 aromatic carbocycles. The van der Waals surface area contributed by atoms with Crippen LogP contribution in [-0.2, 0) is 16.1 Å². The minimum Gasteiger partial charge on any atom is -0.381 e. The lowest BCUT2D eigenvalue weighted by atomic mass is 9.96. The zero-order valence-electron chi connectivity index (χ0n) is 12.4. The van der Waals surface area contributed by atoms with Gasteiger partial charge in [0.25, 0.3) is 0 Å². The van der Waals surface area contributed by atoms with E-state index in [9.17, 15) is 4.79 Å². The van der Waals surface area contributed by atoms with E-state index >= 15 is 0 Å². The fraction of sp³-hybridized carbons (Fsp3) is 0.733. The number of carbonyl (C=O) groups excluding carboxylic acids is 1. The van der Waals surface area contributed by atoms with Crippen molar-refractivity contribution in [2.45, 2.75) is 44.2 Å². The number of hydrogen-bond donors (Lipinski definition) is 2. The molecule has 2 saturated heterocycles. The summed E-state index contributed by atoms with van der Waals surface area (Å²) in [6.07, 6.45) is 5.96. The van der Waals surface area contributed by atoms with E-state index in [2.05, 4.69) is 15.7 Å². The molecule has 2 aliphatic heterocycles. The summed E-state index contributed by atoms with van der Waals surface area (Å²) in [4.78, 5) is 12.2. The van der Waals surface area contributed by atoms with Crippen LogP contribution in [0, 0.1) is 0 Å². The van der Waals surface area contributed by atoms with E-state index in [1.54, 1.807) is 6.20 Å². The Kier molecular flexibility index (Phi) is 4.87. The van der Waals surface area contributed by atoms with E-state index in [1.807, 2.05) is 10.7 Å². The minimum atomic E-state index is 0.0515. The van der Waals surface area contributed by atoms with Gasteiger partial charge in [-0.25, -0.2) is 0 Å². The second-order valence-corrected chi connectivity index (χ2v) is 5.91. The molecular weight excluding hydrogens is 268 g/mol. The summed E-state index contributed by atoms with van der Waals surface area (Å²) in [6.45, 7) is 3.87. The second-order valence-electron chi connectivity index (χ2n) is 5.91. The maximum Gasteiger partial charge on any atom is 0.241 e. The van der Waals surface area contributed by atoms with Crippen molar-refractivity contribution in [3.63, 3.8) is 0 Å². The van der Waals surface area contributed by atoms with Gasteiger partial charge < -0.3 is 15.4 Å². The standard InChI is InChI=1S/C15H24N4O2/c20-15(18-13-4-8-21-9-5-13)11-19-14(3-7-17-19)12-2-1-6-16-10-12/h3,7,12-13,16H,1-2,4-6,8-11H2,(H,18,20)/t12-/m1/s1. The molecule has 0 spiro atoms. The molecule has 2 aliphatic rings. The van der Waals surface area contributed by atoms with Crippen LogP contribution in [0.3, 0.4) is 0 Å². The Balaban J connectivity index is 1.56. The highest BCUT2D eigenvalue weighted by molar-refractivity contribution is 5.76. The summed E-state index contributed by atoms with van der Waals surface area (Å²) in [6, 6.07) is 2.29. The SMILES string of the molecule is O=C(Cn1nccc1[C@@H]1CCCNC1)NC1CCOCC1. The predicted molar refractivity (Wildman–Crippen MR) is 79.1 cm³/mol. The number of ether oxygens (including phenoxy) is 1. The molecule has 3 heterocycles. The van der Waals surface area contributed by atoms with Crippen LogP contribution < -0.4 is 10.6 Å². The van der Waals surface area contributed by atoms with Crippen LogP contribution in [0.4, 0.5) is 0 Å². The highest BCUT2D eigenvalue weighted by atomic mass is 16.5. The quantitative estimate of drug-likeness (QED) is 0.855. The van der Waals surface area contributed by atoms with Crippen molar-refractivity contribution in [3.05, 3.63) is 18.0 Å². The molecule has 21 heavy (non-hydrogen) atoms. The van der Waals surface area contributed by atoms with Gasteiger partial charge in [-0.1, -0.05) is 0 Å². The minimum absolute atomic E-state index is 0.0515. The van der Waals surface area contributed by atoms with Crippen molar-refractivity contribution in [3.8, 4) is 0 Å². The topological polar surface area (TPSA) is 68.2 Å². The first-order valence-electron chi connectivity index (χ1n) is 7.92. The number of hydrogen-bond acceptors (Lipinski definition) is 4. The van der Waals surface area contributed by atoms with E-state index in [1.165, 1.54) is 18.5 Å². The molecule has 3 rings (SSSR count). The van der Waals surface area contributed by atoms with Gasteiger partial charge in [-0.05, 0) is 38.3 Å². The maximum absolute atomic E-state index is 12.2. The molecule has 0 unspecified atom stereocenters. The Morgan fingerprint density at radius 1 is 1.43 bits per heavy atom. The van der Waals surface area contributed by atoms with E-state index in [-0.39, 0.29) is 11.9 Å². The third kappa shape index (κ3) is 3.83. The summed E-state index contributed by atoms with van der Waals surface area (Å²) in [5, 5.41) is 10.8. The van der Waals surface area contributed by atoms with E-state index in [4.69, 9.17) is 4.74 Å². The normalized spacial score (nSPS) is 23.9. The molecule has 2 fully saturated rings. The van der Waals surface area contributed by atoms with Crippen molar-refractivity contribution in [1.82, 2.24) is 20.4 Å². The first kappa shape index (κ1) is 14.5. The highest BCUT2D eigenvalue weighted by Crippen LogP contribution is 2.22. The molecule has 0 bridgehead atoms. The van der Waals surface area contributed by atoms with Gasteiger partial charge in [-0.15, -0.1) is 0 Å². The fourth-order valence-corrected chi connectivity index (χ4v) is 3.18. The molecule has 0 saturated carbocycles. The van der Waals surface area contributed by atoms with Crippen LogP contribution in [0.5, 0.6) is 0 Å². The molecule has 6 heteroatoms. The van der Waals surface area contributed by atoms with Crippen LogP contribution in [0.2, 0.25) is 0 Å². The van der Waals surface area contributed by atoms with Gasteiger partial charge in [0.15, 0.2) is 0 Å². The Labute approximate surface area is 125 Å². The van der Waals surface area contributed by atoms with Crippen LogP contribution in [0.15, 0.2) is 12.3 Å². The van der Waals surface area contributed by atoms with Gasteiger partial charge in [0.2, 0.25) is 5.91 Å². The average Bonchev–Trinajstić information content (AvgIpc) is 2.97. The first-order valence-corrected chi connectivity index (χ1v) is 7.92. The van der Waals surface area contributed by atoms with Crippen LogP contribution in [-0.4, -0.2) is 48.0 Å². The first-order chi connectivity index (χ1) is 10.3. The number of aromatic nitrogens is 2. The number of piperidine rings is 1. The van der Waals surface area contributed by atoms with Crippen LogP contribution >= 0.6 is 0 Å². The Hall–Kier alpha value is -1.40. The molecule has 116 valence electrons. The Morgan fingerprint density at radius 3 is 3.05 bits per heavy atom. The lowest BCUT2D eigenvalue weighted by Gasteiger charge is -2.25. The lowest BCUT2D eigenvalue weighted by molar-refractivity contribution is -0.123. The fourth-order valence-electron chi connectivity index (χ4n) is 3.18. The summed E-state index contributed by atoms with van der Waals surface area (Å²) in [5.41, 5.74) is 1.17. The molecule has 2 N–H and O–H groups in total. The van der Waals surface area contributed by atoms with Gasteiger partial charge >= 0.3 is 0 Å². The van der Waals surface area contributed by atoms with Crippen molar-refractivity contribution in [1.29, 1.82) is 0 Å². The number of amides is 1. The summed E-state index contributed by atoms with van der Waals surface area (Å²) in [5.74, 6) is 0.521. The van der Waals surface area contributed by atoms with Gasteiger partial charge in [0.05, 0.1) is 0 Å². The molecule has 6 nitrogen and oxygen atoms in total. The Bertz CT molecular complexity index is 462. The second kappa shape index (κ2) is 7.04. The molecule has 1 aromatic rings. The van der Waals surface area contributed by atoms with Crippen molar-refractivity contribution >= 4 is 5.91 Å². The molecule has 1 atom stereocenters. The van der Waals surface area contributed by atoms with Gasteiger partial charge in [-0.2, -0.15) is 5.10 Å². The molecule has 1 aromatic heterocycles. The number of carbonyl (C=O) groups is 1. The van der Waals surface area contributed by atoms with Gasteiger partial charge in [0, 0.05) is 43.6 Å². The van der Waals surface area contributed by atoms with Crippen LogP contribution in [0.1, 0.15) is 37.3 Å².